The highest BCUT2D eigenvalue weighted by Crippen LogP contribution is 2.30. The van der Waals surface area contributed by atoms with E-state index in [0.717, 1.165) is 12.1 Å². The number of aromatic nitrogens is 3. The maximum Gasteiger partial charge on any atom is 0.137 e. The molecule has 0 saturated carbocycles. The highest BCUT2D eigenvalue weighted by molar-refractivity contribution is 5.42. The summed E-state index contributed by atoms with van der Waals surface area (Å²) >= 11 is 0. The lowest BCUT2D eigenvalue weighted by atomic mass is 9.79. The quantitative estimate of drug-likeness (QED) is 0.869. The van der Waals surface area contributed by atoms with Gasteiger partial charge in [0, 0.05) is 16.4 Å². The average molecular weight is 312 g/mol. The Kier molecular flexibility index (Phi) is 1.07. The van der Waals surface area contributed by atoms with Gasteiger partial charge >= 0.3 is 0 Å². The Morgan fingerprint density at radius 3 is 2.18 bits per heavy atom. The summed E-state index contributed by atoms with van der Waals surface area (Å²) in [6, 6.07) is -3.01. The van der Waals surface area contributed by atoms with Gasteiger partial charge in [-0.05, 0) is 44.1 Å². The van der Waals surface area contributed by atoms with Crippen molar-refractivity contribution in [3.05, 3.63) is 47.4 Å². The van der Waals surface area contributed by atoms with Crippen LogP contribution < -0.4 is 0 Å². The molecule has 0 fully saturated rings. The maximum atomic E-state index is 10.0. The van der Waals surface area contributed by atoms with Gasteiger partial charge in [0.05, 0.1) is 36.3 Å². The van der Waals surface area contributed by atoms with Crippen LogP contribution in [0, 0.1) is 22.7 Å². The molecule has 2 rings (SSSR count). The van der Waals surface area contributed by atoms with E-state index in [1.165, 1.54) is 0 Å². The van der Waals surface area contributed by atoms with E-state index < -0.39 is 92.2 Å². The summed E-state index contributed by atoms with van der Waals surface area (Å²) in [5.41, 5.74) is -12.8. The molecule has 1 heterocycles. The first-order valence-corrected chi connectivity index (χ1v) is 5.52. The number of hydrogen-bond acceptors (Lipinski definition) is 4. The molecule has 1 aromatic carbocycles. The standard InChI is InChI=1S/C17H19N5/c1-16(2,9-18)14-5-13(8-22-12-20-11-21-22)6-15(7-14)17(3,4)10-19/h5-7,11-12H,8H2,1-4H3/i1D3,2D3,3D3,4D3,5D,6D,7D,8D2,11D,12D. The van der Waals surface area contributed by atoms with Crippen LogP contribution in [-0.4, -0.2) is 14.8 Å². The van der Waals surface area contributed by atoms with Crippen molar-refractivity contribution in [3.63, 3.8) is 0 Å². The van der Waals surface area contributed by atoms with Gasteiger partial charge in [0.2, 0.25) is 0 Å². The third-order valence-electron chi connectivity index (χ3n) is 2.39. The molecule has 0 radical (unpaired) electrons. The van der Waals surface area contributed by atoms with Crippen molar-refractivity contribution in [2.24, 2.45) is 0 Å². The molecular formula is C17H19N5. The summed E-state index contributed by atoms with van der Waals surface area (Å²) in [5, 5.41) is 23.3. The fourth-order valence-corrected chi connectivity index (χ4v) is 1.33. The second-order valence-corrected chi connectivity index (χ2v) is 4.06. The zero-order valence-electron chi connectivity index (χ0n) is 29.7. The van der Waals surface area contributed by atoms with E-state index in [-0.39, 0.29) is 4.68 Å². The molecule has 5 nitrogen and oxygen atoms in total. The highest BCUT2D eigenvalue weighted by atomic mass is 15.3. The molecule has 0 saturated heterocycles. The van der Waals surface area contributed by atoms with Crippen LogP contribution in [0.4, 0.5) is 0 Å². The van der Waals surface area contributed by atoms with Crippen molar-refractivity contribution < 1.29 is 26.0 Å². The third kappa shape index (κ3) is 3.15. The van der Waals surface area contributed by atoms with Crippen molar-refractivity contribution in [1.82, 2.24) is 14.8 Å². The Morgan fingerprint density at radius 2 is 1.77 bits per heavy atom. The first-order valence-electron chi connectivity index (χ1n) is 15.0. The predicted molar refractivity (Wildman–Crippen MR) is 82.8 cm³/mol. The second kappa shape index (κ2) is 5.61. The molecule has 0 atom stereocenters. The average Bonchev–Trinajstić information content (AvgIpc) is 3.08. The molecule has 0 aliphatic rings. The minimum absolute atomic E-state index is 0.0324. The van der Waals surface area contributed by atoms with Crippen LogP contribution in [0.1, 0.15) is 70.1 Å². The van der Waals surface area contributed by atoms with Gasteiger partial charge in [-0.25, -0.2) is 9.67 Å². The monoisotopic (exact) mass is 312 g/mol. The van der Waals surface area contributed by atoms with Gasteiger partial charge in [-0.1, -0.05) is 18.1 Å². The van der Waals surface area contributed by atoms with Gasteiger partial charge in [-0.15, -0.1) is 0 Å². The van der Waals surface area contributed by atoms with Gasteiger partial charge in [-0.2, -0.15) is 15.6 Å². The van der Waals surface area contributed by atoms with Gasteiger partial charge in [0.15, 0.2) is 0 Å². The van der Waals surface area contributed by atoms with E-state index >= 15 is 0 Å². The topological polar surface area (TPSA) is 78.3 Å². The summed E-state index contributed by atoms with van der Waals surface area (Å²) in [4.78, 5) is 3.23. The molecule has 5 heteroatoms. The van der Waals surface area contributed by atoms with Crippen molar-refractivity contribution in [2.75, 3.05) is 0 Å². The lowest BCUT2D eigenvalue weighted by Gasteiger charge is -2.23. The van der Waals surface area contributed by atoms with Gasteiger partial charge in [-0.3, -0.25) is 0 Å². The largest absolute Gasteiger partial charge is 0.249 e. The van der Waals surface area contributed by atoms with Crippen molar-refractivity contribution in [1.29, 1.82) is 10.5 Å². The minimum atomic E-state index is -3.99. The molecular weight excluding hydrogens is 274 g/mol. The SMILES string of the molecule is [2H]c1nc([2H])n(C([2H])([2H])c2c([2H])c(C(C#N)(C([2H])([2H])[2H])C([2H])([2H])[2H])c([2H])c(C(C#N)(C([2H])([2H])[2H])C([2H])([2H])[2H])c2[2H])n1. The normalized spacial score (nSPS) is 27.3. The van der Waals surface area contributed by atoms with E-state index in [2.05, 4.69) is 10.1 Å². The van der Waals surface area contributed by atoms with Gasteiger partial charge < -0.3 is 0 Å². The number of hydrogen-bond donors (Lipinski definition) is 0. The lowest BCUT2D eigenvalue weighted by molar-refractivity contribution is 0.646. The Labute approximate surface area is 157 Å². The molecule has 22 heavy (non-hydrogen) atoms. The van der Waals surface area contributed by atoms with Crippen LogP contribution in [0.15, 0.2) is 30.7 Å². The van der Waals surface area contributed by atoms with Crippen LogP contribution in [0.2, 0.25) is 0 Å². The first-order chi connectivity index (χ1) is 18.1. The summed E-state index contributed by atoms with van der Waals surface area (Å²) in [6.07, 6.45) is -2.10. The molecule has 2 aromatic rings. The smallest absolute Gasteiger partial charge is 0.137 e. The van der Waals surface area contributed by atoms with Crippen molar-refractivity contribution >= 4 is 0 Å². The Balaban J connectivity index is 3.57. The Hall–Kier alpha value is -2.66. The molecule has 0 bridgehead atoms. The minimum Gasteiger partial charge on any atom is -0.249 e. The molecule has 112 valence electrons. The summed E-state index contributed by atoms with van der Waals surface area (Å²) in [6.45, 7) is -19.5. The molecule has 0 N–H and O–H groups in total. The van der Waals surface area contributed by atoms with Crippen LogP contribution in [-0.2, 0) is 17.3 Å². The highest BCUT2D eigenvalue weighted by Gasteiger charge is 2.26. The molecule has 0 unspecified atom stereocenters. The lowest BCUT2D eigenvalue weighted by Crippen LogP contribution is -2.20. The fourth-order valence-electron chi connectivity index (χ4n) is 1.33. The first kappa shape index (κ1) is 4.20. The van der Waals surface area contributed by atoms with E-state index in [1.54, 1.807) is 0 Å². The van der Waals surface area contributed by atoms with E-state index in [9.17, 15) is 10.5 Å². The molecule has 0 amide bonds. The Bertz CT molecular complexity index is 1340. The number of benzene rings is 1. The van der Waals surface area contributed by atoms with Crippen molar-refractivity contribution in [3.8, 4) is 12.1 Å². The maximum absolute atomic E-state index is 10.0. The third-order valence-corrected chi connectivity index (χ3v) is 2.39. The van der Waals surface area contributed by atoms with E-state index in [0.29, 0.717) is 0 Å². The zero-order valence-corrected chi connectivity index (χ0v) is 10.7. The molecule has 0 aliphatic carbocycles. The van der Waals surface area contributed by atoms with Crippen LogP contribution in [0.5, 0.6) is 0 Å². The van der Waals surface area contributed by atoms with Crippen LogP contribution >= 0.6 is 0 Å². The number of nitriles is 2. The summed E-state index contributed by atoms with van der Waals surface area (Å²) in [5.74, 6) is 0. The van der Waals surface area contributed by atoms with E-state index in [4.69, 9.17) is 26.0 Å². The summed E-state index contributed by atoms with van der Waals surface area (Å²) < 4.78 is 153. The predicted octanol–water partition coefficient (Wildman–Crippen LogP) is 2.93. The zero-order chi connectivity index (χ0) is 32.5. The number of rotatable bonds is 4. The molecule has 0 aliphatic heterocycles. The number of nitrogens with zero attached hydrogens (tertiary/aromatic N) is 5. The second-order valence-electron chi connectivity index (χ2n) is 4.06. The van der Waals surface area contributed by atoms with Gasteiger partial charge in [0.25, 0.3) is 0 Å². The Morgan fingerprint density at radius 1 is 1.18 bits per heavy atom. The molecule has 1 aromatic heterocycles. The van der Waals surface area contributed by atoms with Crippen LogP contribution in [0.25, 0.3) is 0 Å². The van der Waals surface area contributed by atoms with Crippen molar-refractivity contribution in [2.45, 2.75) is 44.7 Å². The molecule has 0 spiro atoms. The van der Waals surface area contributed by atoms with E-state index in [1.807, 2.05) is 0 Å². The summed E-state index contributed by atoms with van der Waals surface area (Å²) in [7, 11) is 0. The van der Waals surface area contributed by atoms with Crippen LogP contribution in [0.3, 0.4) is 0 Å². The van der Waals surface area contributed by atoms with Gasteiger partial charge in [0.1, 0.15) is 15.3 Å². The fraction of sp³-hybridized carbons (Fsp3) is 0.412.